The molecule has 0 bridgehead atoms. The van der Waals surface area contributed by atoms with E-state index in [0.29, 0.717) is 5.25 Å². The van der Waals surface area contributed by atoms with E-state index in [4.69, 9.17) is 0 Å². The number of nitrogens with zero attached hydrogens (tertiary/aromatic N) is 2. The van der Waals surface area contributed by atoms with Gasteiger partial charge in [-0.25, -0.2) is 4.98 Å². The molecule has 0 saturated heterocycles. The molecule has 0 saturated carbocycles. The summed E-state index contributed by atoms with van der Waals surface area (Å²) in [7, 11) is 0. The van der Waals surface area contributed by atoms with Gasteiger partial charge in [0.15, 0.2) is 0 Å². The first-order chi connectivity index (χ1) is 8.09. The number of rotatable bonds is 6. The van der Waals surface area contributed by atoms with E-state index in [9.17, 15) is 5.26 Å². The van der Waals surface area contributed by atoms with Crippen molar-refractivity contribution >= 4 is 11.8 Å². The van der Waals surface area contributed by atoms with Crippen molar-refractivity contribution < 1.29 is 0 Å². The molecule has 2 atom stereocenters. The van der Waals surface area contributed by atoms with Crippen LogP contribution in [-0.4, -0.2) is 22.3 Å². The van der Waals surface area contributed by atoms with E-state index in [1.165, 1.54) is 0 Å². The largest absolute Gasteiger partial charge is 0.300 e. The van der Waals surface area contributed by atoms with Gasteiger partial charge in [0.25, 0.3) is 0 Å². The second-order valence-corrected chi connectivity index (χ2v) is 5.73. The number of nitriles is 1. The Morgan fingerprint density at radius 2 is 2.35 bits per heavy atom. The summed E-state index contributed by atoms with van der Waals surface area (Å²) in [6.07, 6.45) is 2.60. The summed E-state index contributed by atoms with van der Waals surface area (Å²) in [5.41, 5.74) is -0.448. The van der Waals surface area contributed by atoms with Gasteiger partial charge in [0, 0.05) is 11.4 Å². The van der Waals surface area contributed by atoms with Crippen LogP contribution in [0.3, 0.4) is 0 Å². The SMILES string of the molecule is CCNC(C)(C#N)CC(C)Sc1ccccn1. The summed E-state index contributed by atoms with van der Waals surface area (Å²) in [4.78, 5) is 4.28. The molecule has 0 spiro atoms. The first-order valence-electron chi connectivity index (χ1n) is 5.83. The highest BCUT2D eigenvalue weighted by atomic mass is 32.2. The summed E-state index contributed by atoms with van der Waals surface area (Å²) < 4.78 is 0. The van der Waals surface area contributed by atoms with Gasteiger partial charge in [0.05, 0.1) is 11.1 Å². The Morgan fingerprint density at radius 1 is 1.59 bits per heavy atom. The van der Waals surface area contributed by atoms with E-state index in [1.54, 1.807) is 18.0 Å². The van der Waals surface area contributed by atoms with Crippen molar-refractivity contribution in [3.8, 4) is 6.07 Å². The maximum absolute atomic E-state index is 9.19. The van der Waals surface area contributed by atoms with E-state index in [1.807, 2.05) is 32.0 Å². The van der Waals surface area contributed by atoms with E-state index in [2.05, 4.69) is 23.3 Å². The molecule has 0 aliphatic rings. The lowest BCUT2D eigenvalue weighted by atomic mass is 9.98. The van der Waals surface area contributed by atoms with Gasteiger partial charge in [-0.3, -0.25) is 5.32 Å². The molecular weight excluding hydrogens is 230 g/mol. The van der Waals surface area contributed by atoms with E-state index < -0.39 is 5.54 Å². The third-order valence-corrected chi connectivity index (χ3v) is 3.52. The highest BCUT2D eigenvalue weighted by molar-refractivity contribution is 7.99. The zero-order valence-electron chi connectivity index (χ0n) is 10.6. The van der Waals surface area contributed by atoms with Gasteiger partial charge < -0.3 is 0 Å². The number of pyridine rings is 1. The van der Waals surface area contributed by atoms with Crippen LogP contribution >= 0.6 is 11.8 Å². The predicted octanol–water partition coefficient (Wildman–Crippen LogP) is 2.84. The highest BCUT2D eigenvalue weighted by Gasteiger charge is 2.25. The molecule has 0 radical (unpaired) electrons. The molecule has 3 nitrogen and oxygen atoms in total. The fourth-order valence-electron chi connectivity index (χ4n) is 1.79. The Hall–Kier alpha value is -1.05. The quantitative estimate of drug-likeness (QED) is 0.788. The standard InChI is InChI=1S/C13H19N3S/c1-4-16-13(3,10-14)9-11(2)17-12-7-5-6-8-15-12/h5-8,11,16H,4,9H2,1-3H3. The second kappa shape index (κ2) is 6.63. The highest BCUT2D eigenvalue weighted by Crippen LogP contribution is 2.26. The zero-order valence-corrected chi connectivity index (χ0v) is 11.4. The number of thioether (sulfide) groups is 1. The van der Waals surface area contributed by atoms with Crippen LogP contribution in [0, 0.1) is 11.3 Å². The van der Waals surface area contributed by atoms with Crippen molar-refractivity contribution in [1.82, 2.24) is 10.3 Å². The van der Waals surface area contributed by atoms with Crippen LogP contribution in [0.5, 0.6) is 0 Å². The molecule has 1 rings (SSSR count). The maximum atomic E-state index is 9.19. The lowest BCUT2D eigenvalue weighted by Gasteiger charge is -2.25. The Bertz CT molecular complexity index is 374. The van der Waals surface area contributed by atoms with Gasteiger partial charge in [-0.1, -0.05) is 19.9 Å². The molecule has 1 aromatic rings. The average molecular weight is 249 g/mol. The van der Waals surface area contributed by atoms with E-state index >= 15 is 0 Å². The van der Waals surface area contributed by atoms with Crippen LogP contribution in [0.2, 0.25) is 0 Å². The first kappa shape index (κ1) is 14.0. The number of hydrogen-bond donors (Lipinski definition) is 1. The molecule has 17 heavy (non-hydrogen) atoms. The molecular formula is C13H19N3S. The van der Waals surface area contributed by atoms with Crippen LogP contribution in [0.25, 0.3) is 0 Å². The molecule has 0 amide bonds. The van der Waals surface area contributed by atoms with Crippen molar-refractivity contribution in [3.63, 3.8) is 0 Å². The normalized spacial score (nSPS) is 15.9. The van der Waals surface area contributed by atoms with E-state index in [-0.39, 0.29) is 0 Å². The average Bonchev–Trinajstić information content (AvgIpc) is 2.30. The molecule has 0 fully saturated rings. The minimum Gasteiger partial charge on any atom is -0.300 e. The van der Waals surface area contributed by atoms with Crippen molar-refractivity contribution in [2.45, 2.75) is 43.0 Å². The number of nitrogens with one attached hydrogen (secondary N) is 1. The topological polar surface area (TPSA) is 48.7 Å². The van der Waals surface area contributed by atoms with Gasteiger partial charge in [0.2, 0.25) is 0 Å². The molecule has 0 aliphatic heterocycles. The second-order valence-electron chi connectivity index (χ2n) is 4.27. The molecule has 2 unspecified atom stereocenters. The van der Waals surface area contributed by atoms with Crippen LogP contribution < -0.4 is 5.32 Å². The fraction of sp³-hybridized carbons (Fsp3) is 0.538. The minimum atomic E-state index is -0.448. The molecule has 92 valence electrons. The van der Waals surface area contributed by atoms with E-state index in [0.717, 1.165) is 18.0 Å². The number of aromatic nitrogens is 1. The molecule has 0 aliphatic carbocycles. The predicted molar refractivity (Wildman–Crippen MR) is 71.9 cm³/mol. The van der Waals surface area contributed by atoms with Gasteiger partial charge in [-0.15, -0.1) is 11.8 Å². The molecule has 1 N–H and O–H groups in total. The Morgan fingerprint density at radius 3 is 2.88 bits per heavy atom. The minimum absolute atomic E-state index is 0.355. The van der Waals surface area contributed by atoms with Gasteiger partial charge in [-0.2, -0.15) is 5.26 Å². The van der Waals surface area contributed by atoms with Crippen molar-refractivity contribution in [3.05, 3.63) is 24.4 Å². The monoisotopic (exact) mass is 249 g/mol. The van der Waals surface area contributed by atoms with Crippen LogP contribution in [0.15, 0.2) is 29.4 Å². The summed E-state index contributed by atoms with van der Waals surface area (Å²) in [5, 5.41) is 13.8. The van der Waals surface area contributed by atoms with Crippen molar-refractivity contribution in [2.75, 3.05) is 6.54 Å². The molecule has 1 aromatic heterocycles. The summed E-state index contributed by atoms with van der Waals surface area (Å²) in [6, 6.07) is 8.24. The van der Waals surface area contributed by atoms with Crippen LogP contribution in [-0.2, 0) is 0 Å². The number of hydrogen-bond acceptors (Lipinski definition) is 4. The summed E-state index contributed by atoms with van der Waals surface area (Å²) in [5.74, 6) is 0. The third kappa shape index (κ3) is 4.76. The molecule has 0 aromatic carbocycles. The molecule has 1 heterocycles. The summed E-state index contributed by atoms with van der Waals surface area (Å²) in [6.45, 7) is 6.91. The van der Waals surface area contributed by atoms with Gasteiger partial charge in [0.1, 0.15) is 5.54 Å². The van der Waals surface area contributed by atoms with Gasteiger partial charge in [-0.05, 0) is 32.0 Å². The van der Waals surface area contributed by atoms with Crippen LogP contribution in [0.1, 0.15) is 27.2 Å². The fourth-order valence-corrected chi connectivity index (χ4v) is 2.89. The van der Waals surface area contributed by atoms with Gasteiger partial charge >= 0.3 is 0 Å². The lowest BCUT2D eigenvalue weighted by molar-refractivity contribution is 0.429. The Balaban J connectivity index is 2.55. The summed E-state index contributed by atoms with van der Waals surface area (Å²) >= 11 is 1.71. The van der Waals surface area contributed by atoms with Crippen molar-refractivity contribution in [2.24, 2.45) is 0 Å². The lowest BCUT2D eigenvalue weighted by Crippen LogP contribution is -2.42. The molecule has 4 heteroatoms. The Kier molecular flexibility index (Phi) is 5.46. The maximum Gasteiger partial charge on any atom is 0.104 e. The van der Waals surface area contributed by atoms with Crippen LogP contribution in [0.4, 0.5) is 0 Å². The Labute approximate surface area is 108 Å². The third-order valence-electron chi connectivity index (χ3n) is 2.47. The van der Waals surface area contributed by atoms with Crippen molar-refractivity contribution in [1.29, 1.82) is 5.26 Å². The smallest absolute Gasteiger partial charge is 0.104 e. The first-order valence-corrected chi connectivity index (χ1v) is 6.71. The zero-order chi connectivity index (χ0) is 12.7.